The lowest BCUT2D eigenvalue weighted by atomic mass is 9.97. The Kier molecular flexibility index (Phi) is 10.1. The van der Waals surface area contributed by atoms with Gasteiger partial charge in [0.25, 0.3) is 0 Å². The number of carbonyl (C=O) groups is 4. The van der Waals surface area contributed by atoms with Gasteiger partial charge in [-0.25, -0.2) is 19.2 Å². The first-order valence-electron chi connectivity index (χ1n) is 12.6. The quantitative estimate of drug-likeness (QED) is 0.118. The SMILES string of the molecule is C=C(C)C(=O)OCCOC(=O)c1ccc(-c2cc(OC(=O)C(=C)C)cc(-c3ccc(OC(=O)C(=C)C)cc3)c2)cc1. The van der Waals surface area contributed by atoms with Crippen molar-refractivity contribution >= 4 is 23.9 Å². The van der Waals surface area contributed by atoms with Crippen molar-refractivity contribution in [3.05, 3.63) is 109 Å². The van der Waals surface area contributed by atoms with Crippen molar-refractivity contribution in [1.82, 2.24) is 0 Å². The molecule has 0 aliphatic heterocycles. The third-order valence-electron chi connectivity index (χ3n) is 5.56. The van der Waals surface area contributed by atoms with Crippen LogP contribution in [-0.2, 0) is 23.9 Å². The highest BCUT2D eigenvalue weighted by Crippen LogP contribution is 2.33. The van der Waals surface area contributed by atoms with Gasteiger partial charge in [-0.2, -0.15) is 0 Å². The topological polar surface area (TPSA) is 105 Å². The number of hydrogen-bond donors (Lipinski definition) is 0. The van der Waals surface area contributed by atoms with Gasteiger partial charge in [-0.15, -0.1) is 0 Å². The first-order chi connectivity index (χ1) is 19.4. The highest BCUT2D eigenvalue weighted by molar-refractivity contribution is 5.91. The molecule has 0 N–H and O–H groups in total. The lowest BCUT2D eigenvalue weighted by Gasteiger charge is -2.12. The van der Waals surface area contributed by atoms with Crippen LogP contribution in [0.4, 0.5) is 0 Å². The van der Waals surface area contributed by atoms with E-state index in [9.17, 15) is 19.2 Å². The van der Waals surface area contributed by atoms with Crippen molar-refractivity contribution in [2.45, 2.75) is 20.8 Å². The maximum Gasteiger partial charge on any atom is 0.338 e. The van der Waals surface area contributed by atoms with Crippen molar-refractivity contribution in [3.63, 3.8) is 0 Å². The predicted octanol–water partition coefficient (Wildman–Crippen LogP) is 6.26. The Morgan fingerprint density at radius 1 is 0.537 bits per heavy atom. The van der Waals surface area contributed by atoms with Gasteiger partial charge in [0.2, 0.25) is 0 Å². The minimum absolute atomic E-state index is 0.0781. The fourth-order valence-electron chi connectivity index (χ4n) is 3.37. The zero-order valence-corrected chi connectivity index (χ0v) is 23.2. The molecule has 41 heavy (non-hydrogen) atoms. The Hall–Kier alpha value is -5.24. The molecule has 0 aliphatic rings. The highest BCUT2D eigenvalue weighted by Gasteiger charge is 2.13. The van der Waals surface area contributed by atoms with Crippen molar-refractivity contribution < 1.29 is 38.1 Å². The van der Waals surface area contributed by atoms with Gasteiger partial charge in [-0.1, -0.05) is 44.0 Å². The van der Waals surface area contributed by atoms with Crippen molar-refractivity contribution in [3.8, 4) is 33.8 Å². The van der Waals surface area contributed by atoms with Gasteiger partial charge in [0.1, 0.15) is 24.7 Å². The predicted molar refractivity (Wildman–Crippen MR) is 154 cm³/mol. The molecule has 8 heteroatoms. The van der Waals surface area contributed by atoms with Crippen LogP contribution in [0.15, 0.2) is 103 Å². The molecule has 0 radical (unpaired) electrons. The Morgan fingerprint density at radius 2 is 0.976 bits per heavy atom. The van der Waals surface area contributed by atoms with Crippen LogP contribution in [0.1, 0.15) is 31.1 Å². The fourth-order valence-corrected chi connectivity index (χ4v) is 3.37. The Balaban J connectivity index is 1.83. The summed E-state index contributed by atoms with van der Waals surface area (Å²) in [5, 5.41) is 0. The summed E-state index contributed by atoms with van der Waals surface area (Å²) >= 11 is 0. The van der Waals surface area contributed by atoms with Crippen LogP contribution in [0.5, 0.6) is 11.5 Å². The first-order valence-corrected chi connectivity index (χ1v) is 12.6. The molecule has 0 bridgehead atoms. The third-order valence-corrected chi connectivity index (χ3v) is 5.56. The average Bonchev–Trinajstić information content (AvgIpc) is 2.95. The molecule has 3 aromatic carbocycles. The summed E-state index contributed by atoms with van der Waals surface area (Å²) in [7, 11) is 0. The van der Waals surface area contributed by atoms with E-state index in [2.05, 4.69) is 19.7 Å². The zero-order chi connectivity index (χ0) is 30.1. The van der Waals surface area contributed by atoms with E-state index >= 15 is 0 Å². The number of carbonyl (C=O) groups excluding carboxylic acids is 4. The molecule has 3 aromatic rings. The first kappa shape index (κ1) is 30.3. The summed E-state index contributed by atoms with van der Waals surface area (Å²) in [5.74, 6) is -1.54. The van der Waals surface area contributed by atoms with Crippen LogP contribution in [0, 0.1) is 0 Å². The molecule has 8 nitrogen and oxygen atoms in total. The van der Waals surface area contributed by atoms with E-state index in [1.807, 2.05) is 6.07 Å². The second kappa shape index (κ2) is 13.7. The van der Waals surface area contributed by atoms with Crippen molar-refractivity contribution in [2.75, 3.05) is 13.2 Å². The number of hydrogen-bond acceptors (Lipinski definition) is 8. The molecule has 0 spiro atoms. The van der Waals surface area contributed by atoms with Crippen LogP contribution < -0.4 is 9.47 Å². The van der Waals surface area contributed by atoms with Crippen molar-refractivity contribution in [2.24, 2.45) is 0 Å². The van der Waals surface area contributed by atoms with E-state index in [0.29, 0.717) is 17.1 Å². The molecule has 3 rings (SSSR count). The second-order valence-corrected chi connectivity index (χ2v) is 9.24. The van der Waals surface area contributed by atoms with Crippen LogP contribution in [-0.4, -0.2) is 37.1 Å². The monoisotopic (exact) mass is 554 g/mol. The summed E-state index contributed by atoms with van der Waals surface area (Å²) in [6, 6.07) is 18.9. The number of ether oxygens (including phenoxy) is 4. The van der Waals surface area contributed by atoms with Gasteiger partial charge >= 0.3 is 23.9 Å². The highest BCUT2D eigenvalue weighted by atomic mass is 16.6. The molecule has 0 saturated heterocycles. The molecular formula is C33H30O8. The minimum Gasteiger partial charge on any atom is -0.459 e. The van der Waals surface area contributed by atoms with E-state index in [1.54, 1.807) is 74.5 Å². The van der Waals surface area contributed by atoms with Gasteiger partial charge in [0.15, 0.2) is 0 Å². The molecule has 0 unspecified atom stereocenters. The molecule has 0 amide bonds. The molecule has 0 atom stereocenters. The Bertz CT molecular complexity index is 1510. The standard InChI is InChI=1S/C33H30O8/c1-20(2)30(34)38-15-16-39-33(37)25-9-7-23(8-10-25)26-17-27(19-29(18-26)41-32(36)22(5)6)24-11-13-28(14-12-24)40-31(35)21(3)4/h7-14,17-19H,1,3,5,15-16H2,2,4,6H3. The van der Waals surface area contributed by atoms with Crippen LogP contribution in [0.25, 0.3) is 22.3 Å². The lowest BCUT2D eigenvalue weighted by molar-refractivity contribution is -0.140. The molecule has 0 heterocycles. The Morgan fingerprint density at radius 3 is 1.46 bits per heavy atom. The average molecular weight is 555 g/mol. The van der Waals surface area contributed by atoms with Gasteiger partial charge in [0, 0.05) is 16.7 Å². The summed E-state index contributed by atoms with van der Waals surface area (Å²) < 4.78 is 20.9. The second-order valence-electron chi connectivity index (χ2n) is 9.24. The van der Waals surface area contributed by atoms with E-state index < -0.39 is 23.9 Å². The van der Waals surface area contributed by atoms with Gasteiger partial charge in [-0.05, 0) is 85.5 Å². The summed E-state index contributed by atoms with van der Waals surface area (Å²) in [4.78, 5) is 47.9. The third kappa shape index (κ3) is 8.63. The van der Waals surface area contributed by atoms with E-state index in [0.717, 1.165) is 22.3 Å². The van der Waals surface area contributed by atoms with Crippen LogP contribution >= 0.6 is 0 Å². The van der Waals surface area contributed by atoms with E-state index in [-0.39, 0.29) is 29.9 Å². The minimum atomic E-state index is -0.569. The maximum atomic E-state index is 12.4. The molecular weight excluding hydrogens is 524 g/mol. The molecule has 0 saturated carbocycles. The molecule has 0 aliphatic carbocycles. The van der Waals surface area contributed by atoms with Crippen molar-refractivity contribution in [1.29, 1.82) is 0 Å². The lowest BCUT2D eigenvalue weighted by Crippen LogP contribution is -2.14. The summed E-state index contributed by atoms with van der Waals surface area (Å²) in [5.41, 5.74) is 4.08. The fraction of sp³-hybridized carbons (Fsp3) is 0.152. The molecule has 0 aromatic heterocycles. The summed E-state index contributed by atoms with van der Waals surface area (Å²) in [6.07, 6.45) is 0. The van der Waals surface area contributed by atoms with Crippen LogP contribution in [0.2, 0.25) is 0 Å². The summed E-state index contributed by atoms with van der Waals surface area (Å²) in [6.45, 7) is 15.2. The molecule has 0 fully saturated rings. The van der Waals surface area contributed by atoms with Gasteiger partial charge < -0.3 is 18.9 Å². The zero-order valence-electron chi connectivity index (χ0n) is 23.2. The van der Waals surface area contributed by atoms with E-state index in [4.69, 9.17) is 18.9 Å². The van der Waals surface area contributed by atoms with E-state index in [1.165, 1.54) is 6.92 Å². The Labute approximate surface area is 238 Å². The number of rotatable bonds is 11. The number of esters is 4. The molecule has 210 valence electrons. The normalized spacial score (nSPS) is 10.2. The largest absolute Gasteiger partial charge is 0.459 e. The smallest absolute Gasteiger partial charge is 0.338 e. The van der Waals surface area contributed by atoms with Gasteiger partial charge in [0.05, 0.1) is 5.56 Å². The maximum absolute atomic E-state index is 12.4. The van der Waals surface area contributed by atoms with Gasteiger partial charge in [-0.3, -0.25) is 0 Å². The van der Waals surface area contributed by atoms with Crippen LogP contribution in [0.3, 0.4) is 0 Å². The number of benzene rings is 3.